The highest BCUT2D eigenvalue weighted by Gasteiger charge is 2.29. The highest BCUT2D eigenvalue weighted by molar-refractivity contribution is 6.31. The van der Waals surface area contributed by atoms with E-state index < -0.39 is 23.6 Å². The van der Waals surface area contributed by atoms with Crippen LogP contribution in [-0.2, 0) is 11.0 Å². The second-order valence-electron chi connectivity index (χ2n) is 4.97. The van der Waals surface area contributed by atoms with Gasteiger partial charge in [-0.05, 0) is 42.5 Å². The van der Waals surface area contributed by atoms with Gasteiger partial charge in [-0.25, -0.2) is 4.79 Å². The number of rotatable bonds is 5. The Labute approximate surface area is 145 Å². The summed E-state index contributed by atoms with van der Waals surface area (Å²) in [4.78, 5) is 23.0. The average molecular weight is 373 g/mol. The first-order chi connectivity index (χ1) is 11.7. The number of halogens is 4. The predicted molar refractivity (Wildman–Crippen MR) is 87.0 cm³/mol. The molecule has 0 heterocycles. The first kappa shape index (κ1) is 18.6. The maximum absolute atomic E-state index is 12.5. The summed E-state index contributed by atoms with van der Waals surface area (Å²) in [6, 6.07) is 8.08. The van der Waals surface area contributed by atoms with Crippen molar-refractivity contribution in [2.24, 2.45) is 0 Å². The Morgan fingerprint density at radius 3 is 2.28 bits per heavy atom. The van der Waals surface area contributed by atoms with Gasteiger partial charge in [-0.1, -0.05) is 11.6 Å². The molecule has 0 spiro atoms. The molecule has 0 unspecified atom stereocenters. The molecule has 25 heavy (non-hydrogen) atoms. The molecule has 2 aromatic rings. The number of benzene rings is 2. The van der Waals surface area contributed by atoms with E-state index in [-0.39, 0.29) is 22.8 Å². The zero-order chi connectivity index (χ0) is 18.6. The molecule has 0 atom stereocenters. The van der Waals surface area contributed by atoms with E-state index in [9.17, 15) is 22.8 Å². The van der Waals surface area contributed by atoms with E-state index in [0.29, 0.717) is 5.69 Å². The van der Waals surface area contributed by atoms with Crippen molar-refractivity contribution in [1.82, 2.24) is 0 Å². The number of hydrogen-bond donors (Lipinski definition) is 3. The van der Waals surface area contributed by atoms with Gasteiger partial charge >= 0.3 is 12.1 Å². The average Bonchev–Trinajstić information content (AvgIpc) is 2.52. The van der Waals surface area contributed by atoms with Gasteiger partial charge in [-0.2, -0.15) is 13.2 Å². The van der Waals surface area contributed by atoms with Gasteiger partial charge in [0, 0.05) is 10.7 Å². The zero-order valence-corrected chi connectivity index (χ0v) is 13.3. The Hall–Kier alpha value is -2.74. The molecule has 0 radical (unpaired) electrons. The number of anilines is 2. The molecule has 132 valence electrons. The highest BCUT2D eigenvalue weighted by Crippen LogP contribution is 2.29. The van der Waals surface area contributed by atoms with Gasteiger partial charge in [0.05, 0.1) is 23.4 Å². The molecule has 3 N–H and O–H groups in total. The molecule has 2 rings (SSSR count). The van der Waals surface area contributed by atoms with Crippen LogP contribution in [0.15, 0.2) is 42.5 Å². The number of hydrogen-bond acceptors (Lipinski definition) is 3. The van der Waals surface area contributed by atoms with E-state index >= 15 is 0 Å². The van der Waals surface area contributed by atoms with Crippen molar-refractivity contribution in [3.63, 3.8) is 0 Å². The van der Waals surface area contributed by atoms with Gasteiger partial charge < -0.3 is 15.7 Å². The fourth-order valence-corrected chi connectivity index (χ4v) is 2.13. The highest BCUT2D eigenvalue weighted by atomic mass is 35.5. The lowest BCUT2D eigenvalue weighted by atomic mass is 10.2. The standard InChI is InChI=1S/C16H12ClF3N2O3/c17-10-3-6-12(15(24)25)13(7-10)22-14(23)8-21-11-4-1-9(2-5-11)16(18,19)20/h1-7,21H,8H2,(H,22,23)(H,24,25). The Bertz CT molecular complexity index is 792. The summed E-state index contributed by atoms with van der Waals surface area (Å²) in [5, 5.41) is 14.4. The van der Waals surface area contributed by atoms with Crippen LogP contribution in [0.4, 0.5) is 24.5 Å². The number of carbonyl (C=O) groups excluding carboxylic acids is 1. The van der Waals surface area contributed by atoms with Gasteiger partial charge in [-0.15, -0.1) is 0 Å². The molecule has 5 nitrogen and oxygen atoms in total. The first-order valence-corrected chi connectivity index (χ1v) is 7.28. The van der Waals surface area contributed by atoms with Gasteiger partial charge in [0.1, 0.15) is 0 Å². The second kappa shape index (κ2) is 7.43. The molecular weight excluding hydrogens is 361 g/mol. The Balaban J connectivity index is 2.00. The molecule has 0 bridgehead atoms. The summed E-state index contributed by atoms with van der Waals surface area (Å²) < 4.78 is 37.4. The number of aromatic carboxylic acids is 1. The number of amides is 1. The van der Waals surface area contributed by atoms with E-state index in [4.69, 9.17) is 16.7 Å². The molecule has 1 amide bonds. The normalized spacial score (nSPS) is 11.0. The van der Waals surface area contributed by atoms with Gasteiger partial charge in [-0.3, -0.25) is 4.79 Å². The van der Waals surface area contributed by atoms with Crippen molar-refractivity contribution in [3.05, 3.63) is 58.6 Å². The minimum absolute atomic E-state index is 0.0271. The monoisotopic (exact) mass is 372 g/mol. The smallest absolute Gasteiger partial charge is 0.416 e. The molecule has 0 saturated carbocycles. The molecule has 0 fully saturated rings. The molecule has 0 aliphatic heterocycles. The zero-order valence-electron chi connectivity index (χ0n) is 12.5. The molecule has 0 aromatic heterocycles. The second-order valence-corrected chi connectivity index (χ2v) is 5.41. The third-order valence-corrected chi connectivity index (χ3v) is 3.39. The van der Waals surface area contributed by atoms with Gasteiger partial charge in [0.25, 0.3) is 0 Å². The van der Waals surface area contributed by atoms with Crippen LogP contribution in [0.3, 0.4) is 0 Å². The third-order valence-electron chi connectivity index (χ3n) is 3.15. The van der Waals surface area contributed by atoms with Crippen molar-refractivity contribution >= 4 is 34.9 Å². The van der Waals surface area contributed by atoms with Crippen LogP contribution in [0.25, 0.3) is 0 Å². The van der Waals surface area contributed by atoms with Crippen molar-refractivity contribution in [2.75, 3.05) is 17.2 Å². The Morgan fingerprint density at radius 1 is 1.08 bits per heavy atom. The van der Waals surface area contributed by atoms with Crippen molar-refractivity contribution in [2.45, 2.75) is 6.18 Å². The molecule has 0 aliphatic carbocycles. The largest absolute Gasteiger partial charge is 0.478 e. The maximum atomic E-state index is 12.5. The summed E-state index contributed by atoms with van der Waals surface area (Å²) in [5.74, 6) is -1.81. The molecule has 9 heteroatoms. The lowest BCUT2D eigenvalue weighted by molar-refractivity contribution is -0.137. The maximum Gasteiger partial charge on any atom is 0.416 e. The fraction of sp³-hybridized carbons (Fsp3) is 0.125. The summed E-state index contributed by atoms with van der Waals surface area (Å²) in [6.45, 7) is -0.267. The van der Waals surface area contributed by atoms with Crippen LogP contribution in [0, 0.1) is 0 Å². The molecule has 2 aromatic carbocycles. The summed E-state index contributed by atoms with van der Waals surface area (Å²) in [7, 11) is 0. The van der Waals surface area contributed by atoms with Crippen LogP contribution in [0.2, 0.25) is 5.02 Å². The third kappa shape index (κ3) is 5.12. The SMILES string of the molecule is O=C(CNc1ccc(C(F)(F)F)cc1)Nc1cc(Cl)ccc1C(=O)O. The lowest BCUT2D eigenvalue weighted by Crippen LogP contribution is -2.23. The number of carboxylic acid groups (broad SMARTS) is 1. The lowest BCUT2D eigenvalue weighted by Gasteiger charge is -2.11. The van der Waals surface area contributed by atoms with Gasteiger partial charge in [0.15, 0.2) is 0 Å². The van der Waals surface area contributed by atoms with E-state index in [2.05, 4.69) is 10.6 Å². The minimum atomic E-state index is -4.43. The van der Waals surface area contributed by atoms with Crippen LogP contribution in [-0.4, -0.2) is 23.5 Å². The number of nitrogens with one attached hydrogen (secondary N) is 2. The first-order valence-electron chi connectivity index (χ1n) is 6.90. The summed E-state index contributed by atoms with van der Waals surface area (Å²) in [6.07, 6.45) is -4.43. The predicted octanol–water partition coefficient (Wildman–Crippen LogP) is 4.11. The van der Waals surface area contributed by atoms with E-state index in [1.165, 1.54) is 30.3 Å². The number of carbonyl (C=O) groups is 2. The topological polar surface area (TPSA) is 78.4 Å². The molecule has 0 saturated heterocycles. The van der Waals surface area contributed by atoms with Crippen LogP contribution in [0.1, 0.15) is 15.9 Å². The quantitative estimate of drug-likeness (QED) is 0.738. The fourth-order valence-electron chi connectivity index (χ4n) is 1.96. The van der Waals surface area contributed by atoms with Crippen LogP contribution in [0.5, 0.6) is 0 Å². The Morgan fingerprint density at radius 2 is 1.72 bits per heavy atom. The Kier molecular flexibility index (Phi) is 5.53. The summed E-state index contributed by atoms with van der Waals surface area (Å²) in [5.41, 5.74) is -0.591. The van der Waals surface area contributed by atoms with Crippen molar-refractivity contribution in [3.8, 4) is 0 Å². The molecule has 0 aliphatic rings. The van der Waals surface area contributed by atoms with Gasteiger partial charge in [0.2, 0.25) is 5.91 Å². The number of carboxylic acids is 1. The summed E-state index contributed by atoms with van der Waals surface area (Å²) >= 11 is 5.78. The van der Waals surface area contributed by atoms with E-state index in [1.807, 2.05) is 0 Å². The van der Waals surface area contributed by atoms with Crippen LogP contribution >= 0.6 is 11.6 Å². The van der Waals surface area contributed by atoms with Crippen LogP contribution < -0.4 is 10.6 Å². The van der Waals surface area contributed by atoms with E-state index in [0.717, 1.165) is 12.1 Å². The van der Waals surface area contributed by atoms with E-state index in [1.54, 1.807) is 0 Å². The molecular formula is C16H12ClF3N2O3. The minimum Gasteiger partial charge on any atom is -0.478 e. The van der Waals surface area contributed by atoms with Crippen molar-refractivity contribution < 1.29 is 27.9 Å². The van der Waals surface area contributed by atoms with Crippen molar-refractivity contribution in [1.29, 1.82) is 0 Å². The number of alkyl halides is 3.